The van der Waals surface area contributed by atoms with Crippen molar-refractivity contribution in [2.24, 2.45) is 0 Å². The van der Waals surface area contributed by atoms with E-state index in [2.05, 4.69) is 35.9 Å². The van der Waals surface area contributed by atoms with Gasteiger partial charge in [0.25, 0.3) is 0 Å². The number of nitrogens with one attached hydrogen (secondary N) is 1. The van der Waals surface area contributed by atoms with Gasteiger partial charge in [-0.3, -0.25) is 9.69 Å². The van der Waals surface area contributed by atoms with Gasteiger partial charge < -0.3 is 10.2 Å². The second kappa shape index (κ2) is 11.6. The summed E-state index contributed by atoms with van der Waals surface area (Å²) in [5.41, 5.74) is 0. The van der Waals surface area contributed by atoms with Gasteiger partial charge in [0.1, 0.15) is 0 Å². The van der Waals surface area contributed by atoms with E-state index in [1.165, 1.54) is 6.42 Å². The van der Waals surface area contributed by atoms with Crippen molar-refractivity contribution >= 4 is 30.7 Å². The molecule has 0 saturated carbocycles. The van der Waals surface area contributed by atoms with Crippen LogP contribution in [0.15, 0.2) is 0 Å². The van der Waals surface area contributed by atoms with E-state index in [1.807, 2.05) is 7.05 Å². The van der Waals surface area contributed by atoms with Crippen LogP contribution in [0, 0.1) is 0 Å². The maximum atomic E-state index is 12.6. The van der Waals surface area contributed by atoms with E-state index >= 15 is 0 Å². The van der Waals surface area contributed by atoms with E-state index in [9.17, 15) is 4.79 Å². The van der Waals surface area contributed by atoms with Gasteiger partial charge in [-0.2, -0.15) is 0 Å². The third-order valence-electron chi connectivity index (χ3n) is 4.07. The number of nitrogens with zero attached hydrogens (tertiary/aromatic N) is 2. The van der Waals surface area contributed by atoms with Crippen LogP contribution in [-0.2, 0) is 4.79 Å². The molecule has 122 valence electrons. The second-order valence-corrected chi connectivity index (χ2v) is 5.06. The molecule has 0 bridgehead atoms. The lowest BCUT2D eigenvalue weighted by Crippen LogP contribution is -2.53. The Labute approximate surface area is 136 Å². The Hall–Kier alpha value is -0.0300. The molecule has 0 aliphatic carbocycles. The summed E-state index contributed by atoms with van der Waals surface area (Å²) in [5, 5.41) is 3.30. The van der Waals surface area contributed by atoms with E-state index < -0.39 is 0 Å². The standard InChI is InChI=1S/C14H29N3O.2ClH/c1-5-13(16(6-2)7-3)14(18)17-10-8-9-12(11-17)15-4;;/h12-13,15H,5-11H2,1-4H3;2*1H. The molecule has 1 saturated heterocycles. The van der Waals surface area contributed by atoms with Crippen molar-refractivity contribution in [2.75, 3.05) is 33.2 Å². The molecule has 0 spiro atoms. The molecule has 6 heteroatoms. The Morgan fingerprint density at radius 3 is 2.35 bits per heavy atom. The zero-order chi connectivity index (χ0) is 13.5. The van der Waals surface area contributed by atoms with Crippen molar-refractivity contribution in [3.05, 3.63) is 0 Å². The van der Waals surface area contributed by atoms with E-state index in [1.54, 1.807) is 0 Å². The first-order chi connectivity index (χ1) is 8.67. The molecule has 1 heterocycles. The van der Waals surface area contributed by atoms with Crippen molar-refractivity contribution in [1.29, 1.82) is 0 Å². The summed E-state index contributed by atoms with van der Waals surface area (Å²) in [6.07, 6.45) is 3.20. The Morgan fingerprint density at radius 1 is 1.30 bits per heavy atom. The molecule has 1 rings (SSSR count). The molecule has 1 fully saturated rings. The number of rotatable bonds is 6. The molecule has 1 aliphatic heterocycles. The first kappa shape index (κ1) is 22.3. The third-order valence-corrected chi connectivity index (χ3v) is 4.07. The maximum Gasteiger partial charge on any atom is 0.239 e. The summed E-state index contributed by atoms with van der Waals surface area (Å²) < 4.78 is 0. The number of halogens is 2. The van der Waals surface area contributed by atoms with Crippen molar-refractivity contribution in [1.82, 2.24) is 15.1 Å². The summed E-state index contributed by atoms with van der Waals surface area (Å²) in [6.45, 7) is 10.1. The van der Waals surface area contributed by atoms with Crippen LogP contribution in [0.25, 0.3) is 0 Å². The van der Waals surface area contributed by atoms with Crippen LogP contribution < -0.4 is 5.32 Å². The van der Waals surface area contributed by atoms with Crippen LogP contribution in [0.4, 0.5) is 0 Å². The van der Waals surface area contributed by atoms with Gasteiger partial charge in [-0.1, -0.05) is 20.8 Å². The van der Waals surface area contributed by atoms with Crippen LogP contribution in [0.3, 0.4) is 0 Å². The average Bonchev–Trinajstić information content (AvgIpc) is 2.44. The predicted octanol–water partition coefficient (Wildman–Crippen LogP) is 2.16. The number of likely N-dealkylation sites (N-methyl/N-ethyl adjacent to an activating group) is 2. The minimum Gasteiger partial charge on any atom is -0.340 e. The van der Waals surface area contributed by atoms with Gasteiger partial charge in [-0.05, 0) is 39.4 Å². The quantitative estimate of drug-likeness (QED) is 0.812. The largest absolute Gasteiger partial charge is 0.340 e. The van der Waals surface area contributed by atoms with Crippen LogP contribution in [0.1, 0.15) is 40.0 Å². The van der Waals surface area contributed by atoms with Gasteiger partial charge in [-0.15, -0.1) is 24.8 Å². The maximum absolute atomic E-state index is 12.6. The zero-order valence-corrected chi connectivity index (χ0v) is 14.9. The fraction of sp³-hybridized carbons (Fsp3) is 0.929. The second-order valence-electron chi connectivity index (χ2n) is 5.06. The number of amides is 1. The van der Waals surface area contributed by atoms with Crippen molar-refractivity contribution < 1.29 is 4.79 Å². The topological polar surface area (TPSA) is 35.6 Å². The van der Waals surface area contributed by atoms with Crippen LogP contribution >= 0.6 is 24.8 Å². The summed E-state index contributed by atoms with van der Waals surface area (Å²) in [4.78, 5) is 16.9. The summed E-state index contributed by atoms with van der Waals surface area (Å²) >= 11 is 0. The molecular weight excluding hydrogens is 297 g/mol. The molecule has 1 N–H and O–H groups in total. The van der Waals surface area contributed by atoms with E-state index in [0.717, 1.165) is 39.0 Å². The van der Waals surface area contributed by atoms with Crippen molar-refractivity contribution in [2.45, 2.75) is 52.1 Å². The number of hydrogen-bond acceptors (Lipinski definition) is 3. The monoisotopic (exact) mass is 327 g/mol. The lowest BCUT2D eigenvalue weighted by molar-refractivity contribution is -0.138. The lowest BCUT2D eigenvalue weighted by Gasteiger charge is -2.37. The number of carbonyl (C=O) groups is 1. The molecule has 4 nitrogen and oxygen atoms in total. The number of piperidine rings is 1. The fourth-order valence-corrected chi connectivity index (χ4v) is 2.88. The van der Waals surface area contributed by atoms with Crippen molar-refractivity contribution in [3.8, 4) is 0 Å². The van der Waals surface area contributed by atoms with Crippen molar-refractivity contribution in [3.63, 3.8) is 0 Å². The Bertz CT molecular complexity index is 263. The van der Waals surface area contributed by atoms with Gasteiger partial charge >= 0.3 is 0 Å². The Kier molecular flexibility index (Phi) is 12.9. The number of carbonyl (C=O) groups excluding carboxylic acids is 1. The molecule has 0 aromatic heterocycles. The lowest BCUT2D eigenvalue weighted by atomic mass is 10.0. The first-order valence-electron chi connectivity index (χ1n) is 7.37. The summed E-state index contributed by atoms with van der Waals surface area (Å²) in [6, 6.07) is 0.535. The highest BCUT2D eigenvalue weighted by Crippen LogP contribution is 2.14. The van der Waals surface area contributed by atoms with Gasteiger partial charge in [0, 0.05) is 19.1 Å². The number of hydrogen-bond donors (Lipinski definition) is 1. The third kappa shape index (κ3) is 5.76. The molecule has 1 aliphatic rings. The Balaban J connectivity index is 0. The molecule has 0 aromatic rings. The zero-order valence-electron chi connectivity index (χ0n) is 13.2. The van der Waals surface area contributed by atoms with Gasteiger partial charge in [0.2, 0.25) is 5.91 Å². The first-order valence-corrected chi connectivity index (χ1v) is 7.37. The Morgan fingerprint density at radius 2 is 1.90 bits per heavy atom. The smallest absolute Gasteiger partial charge is 0.239 e. The minimum absolute atomic E-state index is 0. The highest BCUT2D eigenvalue weighted by molar-refractivity contribution is 5.85. The van der Waals surface area contributed by atoms with E-state index in [-0.39, 0.29) is 30.9 Å². The number of likely N-dealkylation sites (tertiary alicyclic amines) is 1. The highest BCUT2D eigenvalue weighted by atomic mass is 35.5. The molecule has 0 aromatic carbocycles. The van der Waals surface area contributed by atoms with Gasteiger partial charge in [0.05, 0.1) is 6.04 Å². The minimum atomic E-state index is 0. The van der Waals surface area contributed by atoms with Gasteiger partial charge in [0.15, 0.2) is 0 Å². The van der Waals surface area contributed by atoms with Gasteiger partial charge in [-0.25, -0.2) is 0 Å². The molecule has 1 amide bonds. The fourth-order valence-electron chi connectivity index (χ4n) is 2.88. The molecule has 2 atom stereocenters. The van der Waals surface area contributed by atoms with E-state index in [4.69, 9.17) is 0 Å². The molecule has 20 heavy (non-hydrogen) atoms. The van der Waals surface area contributed by atoms with Crippen LogP contribution in [0.2, 0.25) is 0 Å². The molecule has 2 unspecified atom stereocenters. The summed E-state index contributed by atoms with van der Waals surface area (Å²) in [7, 11) is 1.99. The predicted molar refractivity (Wildman–Crippen MR) is 90.2 cm³/mol. The average molecular weight is 328 g/mol. The van der Waals surface area contributed by atoms with Crippen LogP contribution in [0.5, 0.6) is 0 Å². The molecule has 0 radical (unpaired) electrons. The summed E-state index contributed by atoms with van der Waals surface area (Å²) in [5.74, 6) is 0.321. The normalized spacial score (nSPS) is 20.1. The highest BCUT2D eigenvalue weighted by Gasteiger charge is 2.29. The van der Waals surface area contributed by atoms with E-state index in [0.29, 0.717) is 11.9 Å². The molecular formula is C14H31Cl2N3O. The SMILES string of the molecule is CCC(C(=O)N1CCCC(NC)C1)N(CC)CC.Cl.Cl. The van der Waals surface area contributed by atoms with Crippen LogP contribution in [-0.4, -0.2) is 61.0 Å².